The van der Waals surface area contributed by atoms with Gasteiger partial charge in [0.25, 0.3) is 0 Å². The van der Waals surface area contributed by atoms with Gasteiger partial charge in [-0.1, -0.05) is 35.0 Å². The largest absolute Gasteiger partial charge is 0.496 e. The zero-order chi connectivity index (χ0) is 13.7. The molecule has 2 aromatic carbocycles. The van der Waals surface area contributed by atoms with E-state index in [2.05, 4.69) is 58.5 Å². The second-order valence-electron chi connectivity index (χ2n) is 4.36. The zero-order valence-corrected chi connectivity index (χ0v) is 12.8. The summed E-state index contributed by atoms with van der Waals surface area (Å²) in [5, 5.41) is 3.44. The Balaban J connectivity index is 2.11. The normalized spacial score (nSPS) is 10.3. The van der Waals surface area contributed by atoms with Crippen LogP contribution in [0.2, 0.25) is 0 Å². The first kappa shape index (κ1) is 13.9. The maximum absolute atomic E-state index is 5.37. The van der Waals surface area contributed by atoms with E-state index >= 15 is 0 Å². The zero-order valence-electron chi connectivity index (χ0n) is 11.2. The Labute approximate surface area is 122 Å². The van der Waals surface area contributed by atoms with Crippen LogP contribution in [-0.2, 0) is 13.0 Å². The van der Waals surface area contributed by atoms with Crippen LogP contribution in [0.5, 0.6) is 5.75 Å². The number of hydrogen-bond donors (Lipinski definition) is 1. The van der Waals surface area contributed by atoms with Crippen molar-refractivity contribution >= 4 is 21.6 Å². The third-order valence-corrected chi connectivity index (χ3v) is 3.55. The standard InChI is InChI=1S/C16H18BrNO/c1-3-12-5-4-6-15(9-12)18-11-13-10-14(17)7-8-16(13)19-2/h4-10,18H,3,11H2,1-2H3. The fourth-order valence-electron chi connectivity index (χ4n) is 1.98. The molecule has 0 aliphatic carbocycles. The number of rotatable bonds is 5. The van der Waals surface area contributed by atoms with Crippen molar-refractivity contribution in [2.45, 2.75) is 19.9 Å². The highest BCUT2D eigenvalue weighted by Gasteiger charge is 2.03. The molecule has 3 heteroatoms. The first-order chi connectivity index (χ1) is 9.22. The summed E-state index contributed by atoms with van der Waals surface area (Å²) < 4.78 is 6.44. The predicted octanol–water partition coefficient (Wildman–Crippen LogP) is 4.63. The van der Waals surface area contributed by atoms with Crippen molar-refractivity contribution in [2.24, 2.45) is 0 Å². The van der Waals surface area contributed by atoms with Gasteiger partial charge in [0.15, 0.2) is 0 Å². The molecule has 0 heterocycles. The second kappa shape index (κ2) is 6.62. The van der Waals surface area contributed by atoms with Gasteiger partial charge in [-0.15, -0.1) is 0 Å². The number of halogens is 1. The van der Waals surface area contributed by atoms with Crippen molar-refractivity contribution in [1.82, 2.24) is 0 Å². The van der Waals surface area contributed by atoms with Crippen molar-refractivity contribution in [1.29, 1.82) is 0 Å². The maximum Gasteiger partial charge on any atom is 0.123 e. The maximum atomic E-state index is 5.37. The van der Waals surface area contributed by atoms with Crippen LogP contribution in [-0.4, -0.2) is 7.11 Å². The number of nitrogens with one attached hydrogen (secondary N) is 1. The van der Waals surface area contributed by atoms with Crippen molar-refractivity contribution < 1.29 is 4.74 Å². The van der Waals surface area contributed by atoms with Crippen LogP contribution in [0.4, 0.5) is 5.69 Å². The molecule has 2 rings (SSSR count). The van der Waals surface area contributed by atoms with E-state index in [1.54, 1.807) is 7.11 Å². The minimum Gasteiger partial charge on any atom is -0.496 e. The molecule has 1 N–H and O–H groups in total. The Morgan fingerprint density at radius 1 is 1.16 bits per heavy atom. The van der Waals surface area contributed by atoms with Gasteiger partial charge in [-0.3, -0.25) is 0 Å². The third kappa shape index (κ3) is 3.74. The molecule has 0 amide bonds. The molecule has 0 saturated carbocycles. The SMILES string of the molecule is CCc1cccc(NCc2cc(Br)ccc2OC)c1. The van der Waals surface area contributed by atoms with Crippen LogP contribution in [0.15, 0.2) is 46.9 Å². The smallest absolute Gasteiger partial charge is 0.123 e. The molecule has 0 radical (unpaired) electrons. The number of methoxy groups -OCH3 is 1. The molecular formula is C16H18BrNO. The molecule has 0 unspecified atom stereocenters. The number of anilines is 1. The molecule has 0 aliphatic heterocycles. The molecule has 0 aliphatic rings. The molecule has 0 fully saturated rings. The van der Waals surface area contributed by atoms with E-state index in [9.17, 15) is 0 Å². The molecular weight excluding hydrogens is 302 g/mol. The Kier molecular flexibility index (Phi) is 4.86. The van der Waals surface area contributed by atoms with Crippen molar-refractivity contribution in [3.05, 3.63) is 58.1 Å². The minimum atomic E-state index is 0.746. The number of hydrogen-bond acceptors (Lipinski definition) is 2. The van der Waals surface area contributed by atoms with E-state index in [1.807, 2.05) is 12.1 Å². The summed E-state index contributed by atoms with van der Waals surface area (Å²) in [6, 6.07) is 14.5. The molecule has 100 valence electrons. The summed E-state index contributed by atoms with van der Waals surface area (Å²) in [5.41, 5.74) is 3.62. The summed E-state index contributed by atoms with van der Waals surface area (Å²) in [5.74, 6) is 0.905. The van der Waals surface area contributed by atoms with Gasteiger partial charge in [0.1, 0.15) is 5.75 Å². The average molecular weight is 320 g/mol. The van der Waals surface area contributed by atoms with Gasteiger partial charge >= 0.3 is 0 Å². The second-order valence-corrected chi connectivity index (χ2v) is 5.28. The number of ether oxygens (including phenoxy) is 1. The summed E-state index contributed by atoms with van der Waals surface area (Å²) in [6.45, 7) is 2.91. The number of benzene rings is 2. The molecule has 0 saturated heterocycles. The molecule has 19 heavy (non-hydrogen) atoms. The lowest BCUT2D eigenvalue weighted by atomic mass is 10.1. The van der Waals surface area contributed by atoms with Crippen LogP contribution in [0, 0.1) is 0 Å². The van der Waals surface area contributed by atoms with E-state index in [4.69, 9.17) is 4.74 Å². The fourth-order valence-corrected chi connectivity index (χ4v) is 2.39. The number of aryl methyl sites for hydroxylation is 1. The van der Waals surface area contributed by atoms with E-state index in [0.29, 0.717) is 0 Å². The quantitative estimate of drug-likeness (QED) is 0.867. The van der Waals surface area contributed by atoms with Gasteiger partial charge in [0, 0.05) is 22.3 Å². The van der Waals surface area contributed by atoms with Crippen molar-refractivity contribution in [2.75, 3.05) is 12.4 Å². The lowest BCUT2D eigenvalue weighted by Gasteiger charge is -2.11. The Morgan fingerprint density at radius 3 is 2.74 bits per heavy atom. The first-order valence-corrected chi connectivity index (χ1v) is 7.17. The monoisotopic (exact) mass is 319 g/mol. The lowest BCUT2D eigenvalue weighted by Crippen LogP contribution is -2.02. The molecule has 0 bridgehead atoms. The van der Waals surface area contributed by atoms with Gasteiger partial charge < -0.3 is 10.1 Å². The van der Waals surface area contributed by atoms with Crippen LogP contribution >= 0.6 is 15.9 Å². The Bertz CT molecular complexity index is 554. The van der Waals surface area contributed by atoms with Gasteiger partial charge in [-0.2, -0.15) is 0 Å². The molecule has 2 nitrogen and oxygen atoms in total. The topological polar surface area (TPSA) is 21.3 Å². The first-order valence-electron chi connectivity index (χ1n) is 6.38. The van der Waals surface area contributed by atoms with E-state index < -0.39 is 0 Å². The Hall–Kier alpha value is -1.48. The van der Waals surface area contributed by atoms with Gasteiger partial charge in [0.2, 0.25) is 0 Å². The van der Waals surface area contributed by atoms with Crippen LogP contribution in [0.25, 0.3) is 0 Å². The highest BCUT2D eigenvalue weighted by molar-refractivity contribution is 9.10. The summed E-state index contributed by atoms with van der Waals surface area (Å²) >= 11 is 3.49. The minimum absolute atomic E-state index is 0.746. The van der Waals surface area contributed by atoms with Crippen LogP contribution in [0.1, 0.15) is 18.1 Å². The lowest BCUT2D eigenvalue weighted by molar-refractivity contribution is 0.410. The van der Waals surface area contributed by atoms with Gasteiger partial charge in [-0.25, -0.2) is 0 Å². The summed E-state index contributed by atoms with van der Waals surface area (Å²) in [6.07, 6.45) is 1.05. The summed E-state index contributed by atoms with van der Waals surface area (Å²) in [7, 11) is 1.70. The predicted molar refractivity (Wildman–Crippen MR) is 83.8 cm³/mol. The van der Waals surface area contributed by atoms with E-state index in [1.165, 1.54) is 5.56 Å². The highest BCUT2D eigenvalue weighted by atomic mass is 79.9. The molecule has 0 spiro atoms. The Morgan fingerprint density at radius 2 is 2.00 bits per heavy atom. The van der Waals surface area contributed by atoms with Crippen molar-refractivity contribution in [3.63, 3.8) is 0 Å². The third-order valence-electron chi connectivity index (χ3n) is 3.06. The van der Waals surface area contributed by atoms with Gasteiger partial charge in [0.05, 0.1) is 7.11 Å². The van der Waals surface area contributed by atoms with Crippen LogP contribution in [0.3, 0.4) is 0 Å². The van der Waals surface area contributed by atoms with E-state index in [-0.39, 0.29) is 0 Å². The fraction of sp³-hybridized carbons (Fsp3) is 0.250. The molecule has 0 aromatic heterocycles. The average Bonchev–Trinajstić information content (AvgIpc) is 2.45. The van der Waals surface area contributed by atoms with Gasteiger partial charge in [-0.05, 0) is 42.3 Å². The summed E-state index contributed by atoms with van der Waals surface area (Å²) in [4.78, 5) is 0. The molecule has 0 atom stereocenters. The molecule has 2 aromatic rings. The van der Waals surface area contributed by atoms with Crippen molar-refractivity contribution in [3.8, 4) is 5.75 Å². The highest BCUT2D eigenvalue weighted by Crippen LogP contribution is 2.24. The van der Waals surface area contributed by atoms with E-state index in [0.717, 1.165) is 34.4 Å². The van der Waals surface area contributed by atoms with Crippen LogP contribution < -0.4 is 10.1 Å².